The summed E-state index contributed by atoms with van der Waals surface area (Å²) in [7, 11) is 0. The van der Waals surface area contributed by atoms with Crippen LogP contribution < -0.4 is 5.32 Å². The minimum absolute atomic E-state index is 0.0819. The number of para-hydroxylation sites is 2. The van der Waals surface area contributed by atoms with Crippen LogP contribution >= 0.6 is 0 Å². The smallest absolute Gasteiger partial charge is 0.287 e. The van der Waals surface area contributed by atoms with E-state index in [9.17, 15) is 9.59 Å². The molecule has 144 valence electrons. The van der Waals surface area contributed by atoms with E-state index in [-0.39, 0.29) is 30.7 Å². The molecule has 2 heterocycles. The van der Waals surface area contributed by atoms with Crippen molar-refractivity contribution in [3.63, 3.8) is 0 Å². The van der Waals surface area contributed by atoms with Crippen LogP contribution in [0.5, 0.6) is 0 Å². The van der Waals surface area contributed by atoms with Gasteiger partial charge in [-0.2, -0.15) is 0 Å². The molecule has 0 atom stereocenters. The van der Waals surface area contributed by atoms with Crippen molar-refractivity contribution in [1.82, 2.24) is 19.8 Å². The van der Waals surface area contributed by atoms with E-state index in [1.165, 1.54) is 6.26 Å². The van der Waals surface area contributed by atoms with Gasteiger partial charge < -0.3 is 19.2 Å². The molecule has 0 radical (unpaired) electrons. The topological polar surface area (TPSA) is 80.4 Å². The summed E-state index contributed by atoms with van der Waals surface area (Å²) >= 11 is 0. The quantitative estimate of drug-likeness (QED) is 0.581. The third kappa shape index (κ3) is 4.20. The Morgan fingerprint density at radius 3 is 2.57 bits per heavy atom. The van der Waals surface area contributed by atoms with Gasteiger partial charge in [0.05, 0.1) is 23.8 Å². The van der Waals surface area contributed by atoms with Crippen molar-refractivity contribution in [2.24, 2.45) is 0 Å². The highest BCUT2D eigenvalue weighted by Crippen LogP contribution is 2.17. The summed E-state index contributed by atoms with van der Waals surface area (Å²) in [6, 6.07) is 10.8. The van der Waals surface area contributed by atoms with E-state index >= 15 is 0 Å². The second-order valence-corrected chi connectivity index (χ2v) is 6.14. The number of fused-ring (bicyclic) bond motifs is 1. The summed E-state index contributed by atoms with van der Waals surface area (Å²) in [5.41, 5.74) is 1.59. The monoisotopic (exact) mass is 378 g/mol. The normalized spacial score (nSPS) is 10.6. The van der Waals surface area contributed by atoms with Gasteiger partial charge in [0.1, 0.15) is 12.4 Å². The van der Waals surface area contributed by atoms with E-state index in [0.717, 1.165) is 11.0 Å². The minimum atomic E-state index is -0.338. The van der Waals surface area contributed by atoms with Gasteiger partial charge in [-0.05, 0) is 24.3 Å². The van der Waals surface area contributed by atoms with Crippen LogP contribution in [0.2, 0.25) is 0 Å². The molecule has 3 aromatic rings. The lowest BCUT2D eigenvalue weighted by molar-refractivity contribution is -0.130. The van der Waals surface area contributed by atoms with Gasteiger partial charge in [0.2, 0.25) is 5.91 Å². The maximum Gasteiger partial charge on any atom is 0.287 e. The van der Waals surface area contributed by atoms with Gasteiger partial charge in [-0.3, -0.25) is 9.59 Å². The van der Waals surface area contributed by atoms with E-state index in [2.05, 4.69) is 23.5 Å². The number of benzene rings is 1. The molecule has 1 N–H and O–H groups in total. The maximum absolute atomic E-state index is 12.8. The summed E-state index contributed by atoms with van der Waals surface area (Å²) in [5.74, 6) is 0.393. The maximum atomic E-state index is 12.8. The zero-order valence-electron chi connectivity index (χ0n) is 15.5. The Morgan fingerprint density at radius 2 is 1.89 bits per heavy atom. The van der Waals surface area contributed by atoms with Crippen molar-refractivity contribution in [2.75, 3.05) is 13.1 Å². The van der Waals surface area contributed by atoms with Gasteiger partial charge in [0.15, 0.2) is 5.76 Å². The van der Waals surface area contributed by atoms with E-state index in [1.807, 2.05) is 28.8 Å². The molecule has 0 saturated carbocycles. The summed E-state index contributed by atoms with van der Waals surface area (Å²) in [6.07, 6.45) is 4.80. The Balaban J connectivity index is 1.84. The van der Waals surface area contributed by atoms with Gasteiger partial charge >= 0.3 is 0 Å². The number of carbonyl (C=O) groups is 2. The SMILES string of the molecule is C=CCN(CC=C)C(=O)Cn1c(CNC(=O)c2ccco2)nc2ccccc21. The lowest BCUT2D eigenvalue weighted by atomic mass is 10.3. The third-order valence-corrected chi connectivity index (χ3v) is 4.23. The first-order valence-corrected chi connectivity index (χ1v) is 8.89. The first kappa shape index (κ1) is 19.2. The van der Waals surface area contributed by atoms with Crippen LogP contribution in [0.25, 0.3) is 11.0 Å². The Hall–Kier alpha value is -3.61. The van der Waals surface area contributed by atoms with Gasteiger partial charge in [0.25, 0.3) is 5.91 Å². The number of nitrogens with one attached hydrogen (secondary N) is 1. The first-order chi connectivity index (χ1) is 13.6. The number of imidazole rings is 1. The Labute approximate surface area is 163 Å². The van der Waals surface area contributed by atoms with Crippen LogP contribution in [0.15, 0.2) is 72.4 Å². The molecular formula is C21H22N4O3. The van der Waals surface area contributed by atoms with Crippen LogP contribution in [0, 0.1) is 0 Å². The van der Waals surface area contributed by atoms with Crippen molar-refractivity contribution in [3.05, 3.63) is 79.6 Å². The molecule has 28 heavy (non-hydrogen) atoms. The van der Waals surface area contributed by atoms with Crippen LogP contribution in [-0.2, 0) is 17.9 Å². The molecule has 0 spiro atoms. The molecule has 0 bridgehead atoms. The fourth-order valence-electron chi connectivity index (χ4n) is 2.92. The lowest BCUT2D eigenvalue weighted by Crippen LogP contribution is -2.35. The summed E-state index contributed by atoms with van der Waals surface area (Å²) in [4.78, 5) is 31.2. The molecule has 0 aliphatic rings. The number of rotatable bonds is 9. The van der Waals surface area contributed by atoms with E-state index in [1.54, 1.807) is 29.2 Å². The molecule has 0 aliphatic carbocycles. The lowest BCUT2D eigenvalue weighted by Gasteiger charge is -2.20. The van der Waals surface area contributed by atoms with Crippen LogP contribution in [-0.4, -0.2) is 39.4 Å². The predicted octanol–water partition coefficient (Wildman–Crippen LogP) is 2.76. The second-order valence-electron chi connectivity index (χ2n) is 6.14. The van der Waals surface area contributed by atoms with Crippen LogP contribution in [0.4, 0.5) is 0 Å². The average molecular weight is 378 g/mol. The highest BCUT2D eigenvalue weighted by Gasteiger charge is 2.18. The Bertz CT molecular complexity index is 978. The predicted molar refractivity (Wildman–Crippen MR) is 107 cm³/mol. The largest absolute Gasteiger partial charge is 0.459 e. The molecule has 0 saturated heterocycles. The van der Waals surface area contributed by atoms with Gasteiger partial charge in [-0.1, -0.05) is 24.3 Å². The van der Waals surface area contributed by atoms with Gasteiger partial charge in [-0.15, -0.1) is 13.2 Å². The van der Waals surface area contributed by atoms with Crippen molar-refractivity contribution in [3.8, 4) is 0 Å². The van der Waals surface area contributed by atoms with E-state index in [4.69, 9.17) is 4.42 Å². The van der Waals surface area contributed by atoms with Crippen LogP contribution in [0.1, 0.15) is 16.4 Å². The molecular weight excluding hydrogens is 356 g/mol. The third-order valence-electron chi connectivity index (χ3n) is 4.23. The molecule has 3 rings (SSSR count). The van der Waals surface area contributed by atoms with E-state index in [0.29, 0.717) is 18.9 Å². The number of carbonyl (C=O) groups excluding carboxylic acids is 2. The summed E-state index contributed by atoms with van der Waals surface area (Å²) in [6.45, 7) is 8.54. The number of amides is 2. The van der Waals surface area contributed by atoms with Crippen molar-refractivity contribution < 1.29 is 14.0 Å². The molecule has 0 aliphatic heterocycles. The number of hydrogen-bond acceptors (Lipinski definition) is 4. The zero-order chi connectivity index (χ0) is 19.9. The fraction of sp³-hybridized carbons (Fsp3) is 0.190. The molecule has 7 nitrogen and oxygen atoms in total. The standard InChI is InChI=1S/C21H22N4O3/c1-3-11-24(12-4-2)20(26)15-25-17-9-6-5-8-16(17)23-19(25)14-22-21(27)18-10-7-13-28-18/h3-10,13H,1-2,11-12,14-15H2,(H,22,27). The van der Waals surface area contributed by atoms with E-state index < -0.39 is 0 Å². The molecule has 2 aromatic heterocycles. The second kappa shape index (κ2) is 8.85. The highest BCUT2D eigenvalue weighted by molar-refractivity contribution is 5.91. The summed E-state index contributed by atoms with van der Waals surface area (Å²) < 4.78 is 6.92. The number of nitrogens with zero attached hydrogens (tertiary/aromatic N) is 3. The molecule has 0 unspecified atom stereocenters. The first-order valence-electron chi connectivity index (χ1n) is 8.89. The van der Waals surface area contributed by atoms with Crippen molar-refractivity contribution in [2.45, 2.75) is 13.1 Å². The molecule has 7 heteroatoms. The fourth-order valence-corrected chi connectivity index (χ4v) is 2.92. The zero-order valence-corrected chi connectivity index (χ0v) is 15.5. The number of aromatic nitrogens is 2. The van der Waals surface area contributed by atoms with Crippen molar-refractivity contribution in [1.29, 1.82) is 0 Å². The van der Waals surface area contributed by atoms with Crippen molar-refractivity contribution >= 4 is 22.8 Å². The minimum Gasteiger partial charge on any atom is -0.459 e. The molecule has 0 fully saturated rings. The molecule has 2 amide bonds. The van der Waals surface area contributed by atoms with Gasteiger partial charge in [0, 0.05) is 13.1 Å². The average Bonchev–Trinajstić information content (AvgIpc) is 3.35. The number of furan rings is 1. The Morgan fingerprint density at radius 1 is 1.14 bits per heavy atom. The van der Waals surface area contributed by atoms with Gasteiger partial charge in [-0.25, -0.2) is 4.98 Å². The molecule has 1 aromatic carbocycles. The summed E-state index contributed by atoms with van der Waals surface area (Å²) in [5, 5.41) is 2.78. The number of hydrogen-bond donors (Lipinski definition) is 1. The highest BCUT2D eigenvalue weighted by atomic mass is 16.3. The Kier molecular flexibility index (Phi) is 6.06. The van der Waals surface area contributed by atoms with Crippen LogP contribution in [0.3, 0.4) is 0 Å².